The van der Waals surface area contributed by atoms with E-state index < -0.39 is 0 Å². The summed E-state index contributed by atoms with van der Waals surface area (Å²) in [7, 11) is 0. The molecule has 0 saturated carbocycles. The molecule has 0 amide bonds. The Labute approximate surface area is 76.6 Å². The highest BCUT2D eigenvalue weighted by molar-refractivity contribution is 5.49. The Kier molecular flexibility index (Phi) is 5.19. The molecule has 0 aromatic carbocycles. The summed E-state index contributed by atoms with van der Waals surface area (Å²) in [4.78, 5) is 10.2. The minimum Gasteiger partial charge on any atom is -0.303 e. The van der Waals surface area contributed by atoms with Gasteiger partial charge < -0.3 is 4.79 Å². The Morgan fingerprint density at radius 2 is 1.92 bits per heavy atom. The first-order valence-electron chi connectivity index (χ1n) is 4.93. The summed E-state index contributed by atoms with van der Waals surface area (Å²) in [6.45, 7) is 8.99. The van der Waals surface area contributed by atoms with Gasteiger partial charge in [-0.2, -0.15) is 0 Å². The fourth-order valence-corrected chi connectivity index (χ4v) is 1.62. The van der Waals surface area contributed by atoms with E-state index in [1.807, 2.05) is 0 Å². The lowest BCUT2D eigenvalue weighted by atomic mass is 9.82. The molecule has 72 valence electrons. The van der Waals surface area contributed by atoms with Crippen LogP contribution in [0.2, 0.25) is 0 Å². The van der Waals surface area contributed by atoms with Gasteiger partial charge >= 0.3 is 0 Å². The maximum Gasteiger partial charge on any atom is 0.120 e. The summed E-state index contributed by atoms with van der Waals surface area (Å²) < 4.78 is 0. The van der Waals surface area contributed by atoms with Gasteiger partial charge in [0.05, 0.1) is 0 Å². The van der Waals surface area contributed by atoms with E-state index in [1.165, 1.54) is 12.8 Å². The van der Waals surface area contributed by atoms with Crippen molar-refractivity contribution in [1.82, 2.24) is 0 Å². The molecule has 0 aromatic rings. The molecule has 0 rings (SSSR count). The van der Waals surface area contributed by atoms with Gasteiger partial charge in [-0.1, -0.05) is 34.1 Å². The maximum atomic E-state index is 10.2. The second kappa shape index (κ2) is 5.34. The smallest absolute Gasteiger partial charge is 0.120 e. The molecule has 12 heavy (non-hydrogen) atoms. The van der Waals surface area contributed by atoms with Gasteiger partial charge in [-0.05, 0) is 24.2 Å². The van der Waals surface area contributed by atoms with E-state index in [2.05, 4.69) is 27.7 Å². The molecule has 0 saturated heterocycles. The predicted molar refractivity (Wildman–Crippen MR) is 53.2 cm³/mol. The number of hydrogen-bond acceptors (Lipinski definition) is 1. The van der Waals surface area contributed by atoms with E-state index in [-0.39, 0.29) is 0 Å². The molecule has 1 nitrogen and oxygen atoms in total. The molecule has 0 aliphatic heterocycles. The standard InChI is InChI=1S/C11H22O/c1-5-10(7-6-8-12)9-11(2,3)4/h8,10H,5-7,9H2,1-4H3. The molecule has 0 heterocycles. The van der Waals surface area contributed by atoms with Crippen molar-refractivity contribution < 1.29 is 4.79 Å². The normalized spacial score (nSPS) is 14.3. The van der Waals surface area contributed by atoms with Crippen molar-refractivity contribution in [3.63, 3.8) is 0 Å². The highest BCUT2D eigenvalue weighted by Gasteiger charge is 2.16. The Balaban J connectivity index is 3.74. The Morgan fingerprint density at radius 3 is 2.25 bits per heavy atom. The number of aldehydes is 1. The molecule has 0 radical (unpaired) electrons. The van der Waals surface area contributed by atoms with Crippen molar-refractivity contribution in [2.45, 2.75) is 53.4 Å². The van der Waals surface area contributed by atoms with Crippen LogP contribution in [0, 0.1) is 11.3 Å². The molecule has 1 heteroatoms. The van der Waals surface area contributed by atoms with Crippen molar-refractivity contribution in [1.29, 1.82) is 0 Å². The van der Waals surface area contributed by atoms with Gasteiger partial charge in [0, 0.05) is 6.42 Å². The van der Waals surface area contributed by atoms with Crippen molar-refractivity contribution in [3.8, 4) is 0 Å². The van der Waals surface area contributed by atoms with Gasteiger partial charge in [0.2, 0.25) is 0 Å². The molecule has 0 aliphatic carbocycles. The zero-order valence-electron chi connectivity index (χ0n) is 8.89. The zero-order valence-corrected chi connectivity index (χ0v) is 8.89. The molecule has 0 fully saturated rings. The SMILES string of the molecule is CCC(CCC=O)CC(C)(C)C. The van der Waals surface area contributed by atoms with Crippen LogP contribution in [0.15, 0.2) is 0 Å². The number of rotatable bonds is 5. The molecule has 1 atom stereocenters. The topological polar surface area (TPSA) is 17.1 Å². The quantitative estimate of drug-likeness (QED) is 0.578. The fourth-order valence-electron chi connectivity index (χ4n) is 1.62. The first-order valence-corrected chi connectivity index (χ1v) is 4.93. The molecule has 0 aliphatic rings. The van der Waals surface area contributed by atoms with E-state index >= 15 is 0 Å². The Hall–Kier alpha value is -0.330. The number of carbonyl (C=O) groups excluding carboxylic acids is 1. The molecule has 1 unspecified atom stereocenters. The second-order valence-corrected chi connectivity index (χ2v) is 4.78. The molecular formula is C11H22O. The third kappa shape index (κ3) is 6.38. The van der Waals surface area contributed by atoms with E-state index in [0.29, 0.717) is 5.41 Å². The first-order chi connectivity index (χ1) is 5.49. The van der Waals surface area contributed by atoms with E-state index in [1.54, 1.807) is 0 Å². The van der Waals surface area contributed by atoms with E-state index in [9.17, 15) is 4.79 Å². The summed E-state index contributed by atoms with van der Waals surface area (Å²) in [6.07, 6.45) is 5.26. The van der Waals surface area contributed by atoms with Crippen LogP contribution in [-0.4, -0.2) is 6.29 Å². The van der Waals surface area contributed by atoms with Crippen LogP contribution in [0.5, 0.6) is 0 Å². The van der Waals surface area contributed by atoms with Gasteiger partial charge in [-0.25, -0.2) is 0 Å². The lowest BCUT2D eigenvalue weighted by molar-refractivity contribution is -0.108. The number of carbonyl (C=O) groups is 1. The summed E-state index contributed by atoms with van der Waals surface area (Å²) in [6, 6.07) is 0. The van der Waals surface area contributed by atoms with Gasteiger partial charge in [0.1, 0.15) is 6.29 Å². The fraction of sp³-hybridized carbons (Fsp3) is 0.909. The average Bonchev–Trinajstić information content (AvgIpc) is 1.95. The molecule has 0 N–H and O–H groups in total. The van der Waals surface area contributed by atoms with Gasteiger partial charge in [-0.3, -0.25) is 0 Å². The lowest BCUT2D eigenvalue weighted by Crippen LogP contribution is -2.12. The lowest BCUT2D eigenvalue weighted by Gasteiger charge is -2.24. The Morgan fingerprint density at radius 1 is 1.33 bits per heavy atom. The molecule has 0 aromatic heterocycles. The highest BCUT2D eigenvalue weighted by atomic mass is 16.1. The monoisotopic (exact) mass is 170 g/mol. The van der Waals surface area contributed by atoms with Crippen LogP contribution in [0.25, 0.3) is 0 Å². The summed E-state index contributed by atoms with van der Waals surface area (Å²) >= 11 is 0. The van der Waals surface area contributed by atoms with Crippen LogP contribution in [-0.2, 0) is 4.79 Å². The van der Waals surface area contributed by atoms with Crippen LogP contribution in [0.3, 0.4) is 0 Å². The zero-order chi connectivity index (χ0) is 9.61. The summed E-state index contributed by atoms with van der Waals surface area (Å²) in [5.41, 5.74) is 0.406. The minimum absolute atomic E-state index is 0.406. The summed E-state index contributed by atoms with van der Waals surface area (Å²) in [5, 5.41) is 0. The largest absolute Gasteiger partial charge is 0.303 e. The van der Waals surface area contributed by atoms with Crippen molar-refractivity contribution >= 4 is 6.29 Å². The minimum atomic E-state index is 0.406. The van der Waals surface area contributed by atoms with Gasteiger partial charge in [-0.15, -0.1) is 0 Å². The third-order valence-corrected chi connectivity index (χ3v) is 2.17. The first kappa shape index (κ1) is 11.7. The number of hydrogen-bond donors (Lipinski definition) is 0. The average molecular weight is 170 g/mol. The third-order valence-electron chi connectivity index (χ3n) is 2.17. The Bertz CT molecular complexity index is 121. The van der Waals surface area contributed by atoms with Crippen molar-refractivity contribution in [2.24, 2.45) is 11.3 Å². The molecule has 0 spiro atoms. The van der Waals surface area contributed by atoms with Crippen LogP contribution in [0.4, 0.5) is 0 Å². The molecule has 0 bridgehead atoms. The van der Waals surface area contributed by atoms with Gasteiger partial charge in [0.15, 0.2) is 0 Å². The van der Waals surface area contributed by atoms with Crippen molar-refractivity contribution in [3.05, 3.63) is 0 Å². The van der Waals surface area contributed by atoms with Crippen LogP contribution >= 0.6 is 0 Å². The molecular weight excluding hydrogens is 148 g/mol. The van der Waals surface area contributed by atoms with E-state index in [0.717, 1.165) is 25.0 Å². The van der Waals surface area contributed by atoms with Crippen LogP contribution in [0.1, 0.15) is 53.4 Å². The van der Waals surface area contributed by atoms with Crippen LogP contribution < -0.4 is 0 Å². The summed E-state index contributed by atoms with van der Waals surface area (Å²) in [5.74, 6) is 0.732. The highest BCUT2D eigenvalue weighted by Crippen LogP contribution is 2.28. The van der Waals surface area contributed by atoms with Crippen molar-refractivity contribution in [2.75, 3.05) is 0 Å². The van der Waals surface area contributed by atoms with E-state index in [4.69, 9.17) is 0 Å². The predicted octanol–water partition coefficient (Wildman–Crippen LogP) is 3.43. The maximum absolute atomic E-state index is 10.2. The second-order valence-electron chi connectivity index (χ2n) is 4.78. The van der Waals surface area contributed by atoms with Gasteiger partial charge in [0.25, 0.3) is 0 Å².